The van der Waals surface area contributed by atoms with Gasteiger partial charge in [0.25, 0.3) is 0 Å². The number of hydrogen-bond donors (Lipinski definition) is 2. The summed E-state index contributed by atoms with van der Waals surface area (Å²) >= 11 is 1.83. The van der Waals surface area contributed by atoms with Crippen molar-refractivity contribution in [1.29, 1.82) is 0 Å². The van der Waals surface area contributed by atoms with Gasteiger partial charge in [0, 0.05) is 18.0 Å². The van der Waals surface area contributed by atoms with Crippen molar-refractivity contribution >= 4 is 17.6 Å². The second-order valence-electron chi connectivity index (χ2n) is 4.03. The van der Waals surface area contributed by atoms with E-state index in [1.54, 1.807) is 18.6 Å². The van der Waals surface area contributed by atoms with Crippen LogP contribution in [0.3, 0.4) is 0 Å². The predicted molar refractivity (Wildman–Crippen MR) is 79.8 cm³/mol. The van der Waals surface area contributed by atoms with Crippen molar-refractivity contribution in [3.8, 4) is 11.3 Å². The first-order valence-electron chi connectivity index (χ1n) is 6.07. The summed E-state index contributed by atoms with van der Waals surface area (Å²) in [7, 11) is 0. The average molecular weight is 275 g/mol. The number of rotatable bonds is 6. The normalized spacial score (nSPS) is 10.4. The largest absolute Gasteiger partial charge is 0.307 e. The van der Waals surface area contributed by atoms with Crippen molar-refractivity contribution in [3.05, 3.63) is 36.4 Å². The molecule has 0 spiro atoms. The molecule has 0 aliphatic carbocycles. The summed E-state index contributed by atoms with van der Waals surface area (Å²) in [6.45, 7) is 0. The molecule has 0 saturated carbocycles. The molecule has 3 N–H and O–H groups in total. The predicted octanol–water partition coefficient (Wildman–Crippen LogP) is 2.12. The summed E-state index contributed by atoms with van der Waals surface area (Å²) in [5.74, 6) is 7.22. The van der Waals surface area contributed by atoms with E-state index in [1.165, 1.54) is 0 Å². The minimum absolute atomic E-state index is 0.647. The van der Waals surface area contributed by atoms with Crippen LogP contribution in [0, 0.1) is 0 Å². The van der Waals surface area contributed by atoms with E-state index in [9.17, 15) is 0 Å². The zero-order valence-electron chi connectivity index (χ0n) is 10.8. The number of pyridine rings is 1. The van der Waals surface area contributed by atoms with E-state index < -0.39 is 0 Å². The van der Waals surface area contributed by atoms with Gasteiger partial charge in [-0.25, -0.2) is 15.8 Å². The highest BCUT2D eigenvalue weighted by molar-refractivity contribution is 7.98. The van der Waals surface area contributed by atoms with Crippen LogP contribution in [0.5, 0.6) is 0 Å². The smallest absolute Gasteiger partial charge is 0.161 e. The summed E-state index contributed by atoms with van der Waals surface area (Å²) in [5.41, 5.74) is 5.29. The lowest BCUT2D eigenvalue weighted by molar-refractivity contribution is 0.882. The van der Waals surface area contributed by atoms with Crippen molar-refractivity contribution in [3.63, 3.8) is 0 Å². The lowest BCUT2D eigenvalue weighted by Crippen LogP contribution is -2.13. The highest BCUT2D eigenvalue weighted by Gasteiger charge is 2.08. The number of thioether (sulfide) groups is 1. The molecule has 2 aromatic heterocycles. The van der Waals surface area contributed by atoms with Crippen LogP contribution in [0.25, 0.3) is 11.3 Å². The molecule has 0 aromatic carbocycles. The van der Waals surface area contributed by atoms with Gasteiger partial charge in [0.2, 0.25) is 0 Å². The van der Waals surface area contributed by atoms with Gasteiger partial charge >= 0.3 is 0 Å². The summed E-state index contributed by atoms with van der Waals surface area (Å²) in [6.07, 6.45) is 9.25. The van der Waals surface area contributed by atoms with Crippen LogP contribution in [0.1, 0.15) is 12.1 Å². The number of hydrazine groups is 1. The average Bonchev–Trinajstić information content (AvgIpc) is 2.48. The zero-order valence-corrected chi connectivity index (χ0v) is 11.7. The van der Waals surface area contributed by atoms with E-state index in [0.717, 1.165) is 35.5 Å². The molecule has 6 heteroatoms. The molecular formula is C13H17N5S. The maximum Gasteiger partial charge on any atom is 0.161 e. The number of nitrogens with zero attached hydrogens (tertiary/aromatic N) is 3. The number of aryl methyl sites for hydroxylation is 1. The quantitative estimate of drug-likeness (QED) is 0.478. The first-order chi connectivity index (χ1) is 9.35. The Bertz CT molecular complexity index is 518. The zero-order chi connectivity index (χ0) is 13.5. The Labute approximate surface area is 117 Å². The molecule has 2 aromatic rings. The molecule has 0 atom stereocenters. The molecule has 0 aliphatic heterocycles. The fourth-order valence-corrected chi connectivity index (χ4v) is 2.19. The summed E-state index contributed by atoms with van der Waals surface area (Å²) in [5, 5.41) is 0. The third-order valence-corrected chi connectivity index (χ3v) is 3.40. The van der Waals surface area contributed by atoms with E-state index in [2.05, 4.69) is 26.6 Å². The van der Waals surface area contributed by atoms with Crippen LogP contribution in [-0.4, -0.2) is 27.0 Å². The molecule has 0 fully saturated rings. The van der Waals surface area contributed by atoms with Gasteiger partial charge in [-0.15, -0.1) is 0 Å². The molecule has 0 bridgehead atoms. The molecule has 0 saturated heterocycles. The molecule has 0 amide bonds. The van der Waals surface area contributed by atoms with Gasteiger partial charge < -0.3 is 5.43 Å². The standard InChI is InChI=1S/C13H17N5S/c1-19-7-3-5-11-13(18-14)16-9-12(17-11)10-4-2-6-15-8-10/h2,4,6,8-9H,3,5,7,14H2,1H3,(H,16,18). The van der Waals surface area contributed by atoms with E-state index in [0.29, 0.717) is 5.82 Å². The molecule has 0 unspecified atom stereocenters. The van der Waals surface area contributed by atoms with Crippen molar-refractivity contribution in [2.45, 2.75) is 12.8 Å². The first-order valence-corrected chi connectivity index (χ1v) is 7.46. The number of anilines is 1. The van der Waals surface area contributed by atoms with E-state index in [1.807, 2.05) is 23.9 Å². The minimum atomic E-state index is 0.647. The maximum absolute atomic E-state index is 5.47. The Morgan fingerprint density at radius 2 is 2.26 bits per heavy atom. The van der Waals surface area contributed by atoms with E-state index in [-0.39, 0.29) is 0 Å². The Hall–Kier alpha value is -1.66. The van der Waals surface area contributed by atoms with Crippen LogP contribution in [0.2, 0.25) is 0 Å². The number of nitrogens with one attached hydrogen (secondary N) is 1. The lowest BCUT2D eigenvalue weighted by atomic mass is 10.2. The molecule has 5 nitrogen and oxygen atoms in total. The van der Waals surface area contributed by atoms with Gasteiger partial charge in [-0.1, -0.05) is 0 Å². The molecule has 2 heterocycles. The van der Waals surface area contributed by atoms with Gasteiger partial charge in [-0.05, 0) is 37.0 Å². The van der Waals surface area contributed by atoms with Crippen molar-refractivity contribution in [1.82, 2.24) is 15.0 Å². The summed E-state index contributed by atoms with van der Waals surface area (Å²) in [6, 6.07) is 3.86. The van der Waals surface area contributed by atoms with Gasteiger partial charge in [0.1, 0.15) is 0 Å². The van der Waals surface area contributed by atoms with E-state index >= 15 is 0 Å². The van der Waals surface area contributed by atoms with Crippen molar-refractivity contribution in [2.75, 3.05) is 17.4 Å². The van der Waals surface area contributed by atoms with Crippen LogP contribution >= 0.6 is 11.8 Å². The maximum atomic E-state index is 5.47. The summed E-state index contributed by atoms with van der Waals surface area (Å²) in [4.78, 5) is 13.0. The van der Waals surface area contributed by atoms with Crippen LogP contribution in [0.15, 0.2) is 30.7 Å². The Balaban J connectivity index is 2.25. The number of aromatic nitrogens is 3. The fourth-order valence-electron chi connectivity index (χ4n) is 1.76. The molecule has 0 aliphatic rings. The van der Waals surface area contributed by atoms with Gasteiger partial charge in [0.15, 0.2) is 5.82 Å². The number of nitrogens with two attached hydrogens (primary N) is 1. The highest BCUT2D eigenvalue weighted by Crippen LogP contribution is 2.19. The second kappa shape index (κ2) is 7.06. The minimum Gasteiger partial charge on any atom is -0.307 e. The molecule has 19 heavy (non-hydrogen) atoms. The number of hydrogen-bond acceptors (Lipinski definition) is 6. The van der Waals surface area contributed by atoms with Crippen molar-refractivity contribution in [2.24, 2.45) is 5.84 Å². The molecule has 100 valence electrons. The molecular weight excluding hydrogens is 258 g/mol. The first kappa shape index (κ1) is 13.8. The van der Waals surface area contributed by atoms with Crippen LogP contribution in [-0.2, 0) is 6.42 Å². The SMILES string of the molecule is CSCCCc1nc(-c2cccnc2)cnc1NN. The van der Waals surface area contributed by atoms with Gasteiger partial charge in [-0.2, -0.15) is 11.8 Å². The number of nitrogen functional groups attached to an aromatic ring is 1. The van der Waals surface area contributed by atoms with Gasteiger partial charge in [0.05, 0.1) is 17.6 Å². The van der Waals surface area contributed by atoms with Gasteiger partial charge in [-0.3, -0.25) is 4.98 Å². The lowest BCUT2D eigenvalue weighted by Gasteiger charge is -2.09. The molecule has 2 rings (SSSR count). The van der Waals surface area contributed by atoms with Crippen LogP contribution < -0.4 is 11.3 Å². The van der Waals surface area contributed by atoms with Crippen molar-refractivity contribution < 1.29 is 0 Å². The topological polar surface area (TPSA) is 76.7 Å². The van der Waals surface area contributed by atoms with Crippen LogP contribution in [0.4, 0.5) is 5.82 Å². The molecule has 0 radical (unpaired) electrons. The Morgan fingerprint density at radius 1 is 1.37 bits per heavy atom. The Morgan fingerprint density at radius 3 is 2.95 bits per heavy atom. The third-order valence-electron chi connectivity index (χ3n) is 2.70. The van der Waals surface area contributed by atoms with E-state index in [4.69, 9.17) is 5.84 Å². The fraction of sp³-hybridized carbons (Fsp3) is 0.308. The monoisotopic (exact) mass is 275 g/mol. The highest BCUT2D eigenvalue weighted by atomic mass is 32.2. The summed E-state index contributed by atoms with van der Waals surface area (Å²) < 4.78 is 0. The second-order valence-corrected chi connectivity index (χ2v) is 5.02. The Kier molecular flexibility index (Phi) is 5.11. The third kappa shape index (κ3) is 3.65.